The molecule has 0 unspecified atom stereocenters. The van der Waals surface area contributed by atoms with Crippen LogP contribution in [0.25, 0.3) is 21.0 Å². The molecule has 5 nitrogen and oxygen atoms in total. The van der Waals surface area contributed by atoms with E-state index in [1.807, 2.05) is 48.7 Å². The van der Waals surface area contributed by atoms with Gasteiger partial charge in [-0.2, -0.15) is 0 Å². The molecule has 1 amide bonds. The Morgan fingerprint density at radius 3 is 2.88 bits per heavy atom. The van der Waals surface area contributed by atoms with Crippen LogP contribution in [0.15, 0.2) is 46.2 Å². The first kappa shape index (κ1) is 16.0. The number of benzene rings is 1. The molecule has 0 bridgehead atoms. The van der Waals surface area contributed by atoms with Gasteiger partial charge in [-0.05, 0) is 30.5 Å². The summed E-state index contributed by atoms with van der Waals surface area (Å²) < 4.78 is 6.80. The summed E-state index contributed by atoms with van der Waals surface area (Å²) in [5.41, 5.74) is 1.63. The van der Waals surface area contributed by atoms with Gasteiger partial charge in [0.15, 0.2) is 0 Å². The number of aryl methyl sites for hydroxylation is 1. The Kier molecular flexibility index (Phi) is 4.33. The van der Waals surface area contributed by atoms with Gasteiger partial charge in [-0.1, -0.05) is 18.2 Å². The third kappa shape index (κ3) is 3.47. The average Bonchev–Trinajstić information content (AvgIpc) is 3.32. The normalized spacial score (nSPS) is 11.1. The summed E-state index contributed by atoms with van der Waals surface area (Å²) in [6.07, 6.45) is 0.200. The third-order valence-electron chi connectivity index (χ3n) is 3.73. The van der Waals surface area contributed by atoms with Crippen molar-refractivity contribution in [2.45, 2.75) is 19.9 Å². The lowest BCUT2D eigenvalue weighted by Gasteiger charge is -2.01. The van der Waals surface area contributed by atoms with Crippen molar-refractivity contribution >= 4 is 38.8 Å². The number of aromatic nitrogens is 2. The molecule has 4 aromatic rings. The van der Waals surface area contributed by atoms with Crippen molar-refractivity contribution in [1.82, 2.24) is 15.3 Å². The van der Waals surface area contributed by atoms with Gasteiger partial charge in [0.1, 0.15) is 10.8 Å². The highest BCUT2D eigenvalue weighted by Crippen LogP contribution is 2.26. The molecule has 0 fully saturated rings. The number of thiazole rings is 1. The number of fused-ring (bicyclic) bond motifs is 1. The molecule has 0 aliphatic heterocycles. The van der Waals surface area contributed by atoms with Gasteiger partial charge in [0.2, 0.25) is 11.8 Å². The summed E-state index contributed by atoms with van der Waals surface area (Å²) in [6.45, 7) is 2.26. The van der Waals surface area contributed by atoms with Crippen LogP contribution in [0.4, 0.5) is 0 Å². The maximum atomic E-state index is 12.2. The topological polar surface area (TPSA) is 68.0 Å². The van der Waals surface area contributed by atoms with Gasteiger partial charge < -0.3 is 9.73 Å². The first-order valence-electron chi connectivity index (χ1n) is 7.80. The minimum atomic E-state index is -0.0895. The molecular weight excluding hydrogens is 354 g/mol. The lowest BCUT2D eigenvalue weighted by atomic mass is 10.2. The minimum absolute atomic E-state index is 0.0895. The van der Waals surface area contributed by atoms with E-state index in [1.165, 1.54) is 0 Å². The number of carbonyl (C=O) groups is 1. The van der Waals surface area contributed by atoms with Crippen LogP contribution in [0.3, 0.4) is 0 Å². The smallest absolute Gasteiger partial charge is 0.236 e. The highest BCUT2D eigenvalue weighted by Gasteiger charge is 2.15. The van der Waals surface area contributed by atoms with E-state index in [0.29, 0.717) is 23.9 Å². The van der Waals surface area contributed by atoms with Crippen LogP contribution >= 0.6 is 22.7 Å². The molecule has 4 rings (SSSR count). The van der Waals surface area contributed by atoms with E-state index in [1.54, 1.807) is 22.7 Å². The van der Waals surface area contributed by atoms with E-state index >= 15 is 0 Å². The molecule has 25 heavy (non-hydrogen) atoms. The molecule has 0 radical (unpaired) electrons. The maximum absolute atomic E-state index is 12.2. The van der Waals surface area contributed by atoms with Gasteiger partial charge in [0, 0.05) is 0 Å². The van der Waals surface area contributed by atoms with E-state index in [2.05, 4.69) is 15.3 Å². The molecule has 0 aliphatic carbocycles. The molecule has 3 heterocycles. The van der Waals surface area contributed by atoms with Crippen molar-refractivity contribution in [3.05, 3.63) is 58.2 Å². The lowest BCUT2D eigenvalue weighted by Crippen LogP contribution is -2.24. The molecule has 0 spiro atoms. The Morgan fingerprint density at radius 1 is 1.20 bits per heavy atom. The predicted molar refractivity (Wildman–Crippen MR) is 99.7 cm³/mol. The molecule has 0 atom stereocenters. The van der Waals surface area contributed by atoms with E-state index in [-0.39, 0.29) is 12.3 Å². The van der Waals surface area contributed by atoms with Crippen LogP contribution in [0.1, 0.15) is 16.5 Å². The number of hydrogen-bond donors (Lipinski definition) is 1. The monoisotopic (exact) mass is 369 g/mol. The lowest BCUT2D eigenvalue weighted by molar-refractivity contribution is -0.120. The van der Waals surface area contributed by atoms with E-state index in [9.17, 15) is 4.79 Å². The minimum Gasteiger partial charge on any atom is -0.440 e. The van der Waals surface area contributed by atoms with Crippen molar-refractivity contribution in [2.75, 3.05) is 0 Å². The molecule has 3 aromatic heterocycles. The number of amides is 1. The van der Waals surface area contributed by atoms with Gasteiger partial charge in [0.25, 0.3) is 0 Å². The predicted octanol–water partition coefficient (Wildman–Crippen LogP) is 4.18. The first-order chi connectivity index (χ1) is 12.2. The highest BCUT2D eigenvalue weighted by molar-refractivity contribution is 7.18. The summed E-state index contributed by atoms with van der Waals surface area (Å²) in [4.78, 5) is 22.2. The summed E-state index contributed by atoms with van der Waals surface area (Å²) in [5, 5.41) is 5.78. The molecule has 0 saturated heterocycles. The van der Waals surface area contributed by atoms with Crippen LogP contribution < -0.4 is 5.32 Å². The second kappa shape index (κ2) is 6.78. The number of nitrogens with zero attached hydrogens (tertiary/aromatic N) is 2. The maximum Gasteiger partial charge on any atom is 0.236 e. The zero-order valence-corrected chi connectivity index (χ0v) is 15.1. The second-order valence-electron chi connectivity index (χ2n) is 5.53. The van der Waals surface area contributed by atoms with Crippen LogP contribution in [0.2, 0.25) is 0 Å². The van der Waals surface area contributed by atoms with Crippen molar-refractivity contribution in [3.8, 4) is 10.8 Å². The first-order valence-corrected chi connectivity index (χ1v) is 9.50. The highest BCUT2D eigenvalue weighted by atomic mass is 32.1. The number of carbonyl (C=O) groups excluding carboxylic acids is 1. The van der Waals surface area contributed by atoms with E-state index in [4.69, 9.17) is 4.42 Å². The SMILES string of the molecule is Cc1oc(-c2cccs2)nc1CC(=O)NCc1nc2ccccc2s1. The van der Waals surface area contributed by atoms with Gasteiger partial charge in [-0.25, -0.2) is 9.97 Å². The molecule has 1 aromatic carbocycles. The zero-order chi connectivity index (χ0) is 17.2. The molecule has 126 valence electrons. The molecule has 0 saturated carbocycles. The van der Waals surface area contributed by atoms with Crippen molar-refractivity contribution in [3.63, 3.8) is 0 Å². The number of nitrogens with one attached hydrogen (secondary N) is 1. The summed E-state index contributed by atoms with van der Waals surface area (Å²) >= 11 is 3.16. The van der Waals surface area contributed by atoms with E-state index < -0.39 is 0 Å². The van der Waals surface area contributed by atoms with Crippen LogP contribution in [0.5, 0.6) is 0 Å². The number of para-hydroxylation sites is 1. The summed E-state index contributed by atoms with van der Waals surface area (Å²) in [5.74, 6) is 1.16. The van der Waals surface area contributed by atoms with Gasteiger partial charge in [0.05, 0.1) is 33.8 Å². The molecule has 7 heteroatoms. The quantitative estimate of drug-likeness (QED) is 0.573. The summed E-state index contributed by atoms with van der Waals surface area (Å²) in [7, 11) is 0. The van der Waals surface area contributed by atoms with E-state index in [0.717, 1.165) is 20.1 Å². The number of oxazole rings is 1. The number of hydrogen-bond acceptors (Lipinski definition) is 6. The van der Waals surface area contributed by atoms with Crippen LogP contribution in [0, 0.1) is 6.92 Å². The third-order valence-corrected chi connectivity index (χ3v) is 5.62. The summed E-state index contributed by atoms with van der Waals surface area (Å²) in [6, 6.07) is 11.9. The molecule has 0 aliphatic rings. The largest absolute Gasteiger partial charge is 0.440 e. The van der Waals surface area contributed by atoms with Crippen LogP contribution in [-0.4, -0.2) is 15.9 Å². The Hall–Kier alpha value is -2.51. The fraction of sp³-hybridized carbons (Fsp3) is 0.167. The Labute approximate surface area is 152 Å². The van der Waals surface area contributed by atoms with Crippen molar-refractivity contribution in [1.29, 1.82) is 0 Å². The number of rotatable bonds is 5. The Morgan fingerprint density at radius 2 is 2.08 bits per heavy atom. The van der Waals surface area contributed by atoms with Gasteiger partial charge in [-0.15, -0.1) is 22.7 Å². The molecular formula is C18H15N3O2S2. The number of thiophene rings is 1. The van der Waals surface area contributed by atoms with Crippen molar-refractivity contribution < 1.29 is 9.21 Å². The fourth-order valence-corrected chi connectivity index (χ4v) is 4.04. The van der Waals surface area contributed by atoms with Gasteiger partial charge >= 0.3 is 0 Å². The Balaban J connectivity index is 1.40. The average molecular weight is 369 g/mol. The standard InChI is InChI=1S/C18H15N3O2S2/c1-11-13(21-18(23-11)15-7-4-8-24-15)9-16(22)19-10-17-20-12-5-2-3-6-14(12)25-17/h2-8H,9-10H2,1H3,(H,19,22). The second-order valence-corrected chi connectivity index (χ2v) is 7.59. The fourth-order valence-electron chi connectivity index (χ4n) is 2.48. The Bertz CT molecular complexity index is 985. The zero-order valence-electron chi connectivity index (χ0n) is 13.5. The van der Waals surface area contributed by atoms with Crippen molar-refractivity contribution in [2.24, 2.45) is 0 Å². The van der Waals surface area contributed by atoms with Gasteiger partial charge in [-0.3, -0.25) is 4.79 Å². The van der Waals surface area contributed by atoms with Crippen LogP contribution in [-0.2, 0) is 17.8 Å². The molecule has 1 N–H and O–H groups in total.